The van der Waals surface area contributed by atoms with Crippen molar-refractivity contribution in [3.8, 4) is 5.75 Å². The van der Waals surface area contributed by atoms with Gasteiger partial charge in [-0.1, -0.05) is 13.0 Å². The van der Waals surface area contributed by atoms with E-state index < -0.39 is 22.3 Å². The van der Waals surface area contributed by atoms with Crippen LogP contribution in [0.3, 0.4) is 0 Å². The van der Waals surface area contributed by atoms with Gasteiger partial charge in [0.25, 0.3) is 5.91 Å². The van der Waals surface area contributed by atoms with Gasteiger partial charge in [0.2, 0.25) is 5.75 Å². The van der Waals surface area contributed by atoms with Crippen molar-refractivity contribution in [3.63, 3.8) is 0 Å². The van der Waals surface area contributed by atoms with E-state index in [9.17, 15) is 20.0 Å². The van der Waals surface area contributed by atoms with Crippen LogP contribution in [0.2, 0.25) is 0 Å². The lowest BCUT2D eigenvalue weighted by molar-refractivity contribution is -0.385. The summed E-state index contributed by atoms with van der Waals surface area (Å²) in [7, 11) is 0. The van der Waals surface area contributed by atoms with Gasteiger partial charge >= 0.3 is 5.69 Å². The minimum atomic E-state index is -0.700. The Bertz CT molecular complexity index is 522. The lowest BCUT2D eigenvalue weighted by Gasteiger charge is -2.26. The number of benzene rings is 1. The topological polar surface area (TPSA) is 92.5 Å². The van der Waals surface area contributed by atoms with Gasteiger partial charge in [0, 0.05) is 12.1 Å². The molecule has 1 saturated carbocycles. The molecule has 0 saturated heterocycles. The zero-order valence-electron chi connectivity index (χ0n) is 11.3. The minimum Gasteiger partial charge on any atom is -0.502 e. The standard InChI is InChI=1S/C14H18N2O4/c1-9-5-7-10(8-6-9)15-14(18)11-3-2-4-12(13(11)17)16(19)20/h2-4,9-10,17H,5-8H2,1H3,(H,15,18). The third-order valence-electron chi connectivity index (χ3n) is 3.81. The van der Waals surface area contributed by atoms with Gasteiger partial charge in [-0.25, -0.2) is 0 Å². The normalized spacial score (nSPS) is 22.2. The molecule has 0 atom stereocenters. The lowest BCUT2D eigenvalue weighted by Crippen LogP contribution is -2.37. The summed E-state index contributed by atoms with van der Waals surface area (Å²) < 4.78 is 0. The Balaban J connectivity index is 2.10. The van der Waals surface area contributed by atoms with Crippen molar-refractivity contribution < 1.29 is 14.8 Å². The number of carbonyl (C=O) groups excluding carboxylic acids is 1. The second kappa shape index (κ2) is 5.90. The number of phenolic OH excluding ortho intramolecular Hbond substituents is 1. The zero-order chi connectivity index (χ0) is 14.7. The maximum Gasteiger partial charge on any atom is 0.311 e. The van der Waals surface area contributed by atoms with Gasteiger partial charge in [-0.2, -0.15) is 0 Å². The molecule has 6 nitrogen and oxygen atoms in total. The number of para-hydroxylation sites is 1. The van der Waals surface area contributed by atoms with Crippen LogP contribution in [0.4, 0.5) is 5.69 Å². The predicted molar refractivity (Wildman–Crippen MR) is 73.6 cm³/mol. The van der Waals surface area contributed by atoms with Gasteiger partial charge < -0.3 is 10.4 Å². The summed E-state index contributed by atoms with van der Waals surface area (Å²) in [4.78, 5) is 22.1. The molecule has 1 aliphatic carbocycles. The van der Waals surface area contributed by atoms with Crippen molar-refractivity contribution in [2.45, 2.75) is 38.6 Å². The Morgan fingerprint density at radius 1 is 1.35 bits per heavy atom. The Morgan fingerprint density at radius 2 is 2.00 bits per heavy atom. The molecule has 108 valence electrons. The molecule has 0 aliphatic heterocycles. The number of hydrogen-bond acceptors (Lipinski definition) is 4. The number of amides is 1. The van der Waals surface area contributed by atoms with Crippen molar-refractivity contribution in [2.75, 3.05) is 0 Å². The van der Waals surface area contributed by atoms with Crippen molar-refractivity contribution in [1.82, 2.24) is 5.32 Å². The fraction of sp³-hybridized carbons (Fsp3) is 0.500. The smallest absolute Gasteiger partial charge is 0.311 e. The largest absolute Gasteiger partial charge is 0.502 e. The highest BCUT2D eigenvalue weighted by Crippen LogP contribution is 2.30. The number of nitrogens with one attached hydrogen (secondary N) is 1. The van der Waals surface area contributed by atoms with Gasteiger partial charge in [-0.3, -0.25) is 14.9 Å². The van der Waals surface area contributed by atoms with Crippen LogP contribution in [0, 0.1) is 16.0 Å². The van der Waals surface area contributed by atoms with E-state index in [2.05, 4.69) is 12.2 Å². The Hall–Kier alpha value is -2.11. The second-order valence-electron chi connectivity index (χ2n) is 5.36. The summed E-state index contributed by atoms with van der Waals surface area (Å²) in [6.45, 7) is 2.18. The van der Waals surface area contributed by atoms with Crippen LogP contribution in [-0.2, 0) is 0 Å². The zero-order valence-corrected chi connectivity index (χ0v) is 11.3. The van der Waals surface area contributed by atoms with Crippen LogP contribution in [0.25, 0.3) is 0 Å². The molecule has 1 aromatic rings. The molecule has 2 N–H and O–H groups in total. The SMILES string of the molecule is CC1CCC(NC(=O)c2cccc([N+](=O)[O-])c2O)CC1. The van der Waals surface area contributed by atoms with E-state index in [0.29, 0.717) is 5.92 Å². The van der Waals surface area contributed by atoms with E-state index in [1.54, 1.807) is 0 Å². The molecule has 1 aliphatic rings. The monoisotopic (exact) mass is 278 g/mol. The minimum absolute atomic E-state index is 0.0437. The molecule has 1 amide bonds. The molecule has 0 aromatic heterocycles. The Kier molecular flexibility index (Phi) is 4.22. The van der Waals surface area contributed by atoms with Crippen molar-refractivity contribution in [3.05, 3.63) is 33.9 Å². The number of aromatic hydroxyl groups is 1. The van der Waals surface area contributed by atoms with Crippen LogP contribution >= 0.6 is 0 Å². The fourth-order valence-electron chi connectivity index (χ4n) is 2.53. The third-order valence-corrected chi connectivity index (χ3v) is 3.81. The maximum atomic E-state index is 12.1. The maximum absolute atomic E-state index is 12.1. The van der Waals surface area contributed by atoms with Gasteiger partial charge in [-0.05, 0) is 37.7 Å². The number of rotatable bonds is 3. The van der Waals surface area contributed by atoms with Gasteiger partial charge in [0.1, 0.15) is 0 Å². The van der Waals surface area contributed by atoms with E-state index in [0.717, 1.165) is 25.7 Å². The average molecular weight is 278 g/mol. The quantitative estimate of drug-likeness (QED) is 0.656. The third kappa shape index (κ3) is 3.07. The lowest BCUT2D eigenvalue weighted by atomic mass is 9.87. The number of nitrogens with zero attached hydrogens (tertiary/aromatic N) is 1. The van der Waals surface area contributed by atoms with Gasteiger partial charge in [0.15, 0.2) is 0 Å². The van der Waals surface area contributed by atoms with E-state index in [4.69, 9.17) is 0 Å². The summed E-state index contributed by atoms with van der Waals surface area (Å²) >= 11 is 0. The number of carbonyl (C=O) groups is 1. The molecule has 1 aromatic carbocycles. The summed E-state index contributed by atoms with van der Waals surface area (Å²) in [5.41, 5.74) is -0.493. The first kappa shape index (κ1) is 14.3. The molecular formula is C14H18N2O4. The first-order chi connectivity index (χ1) is 9.49. The van der Waals surface area contributed by atoms with Crippen LogP contribution in [-0.4, -0.2) is 22.0 Å². The van der Waals surface area contributed by atoms with Crippen LogP contribution in [0.1, 0.15) is 43.0 Å². The highest BCUT2D eigenvalue weighted by molar-refractivity contribution is 5.98. The molecule has 1 fully saturated rings. The van der Waals surface area contributed by atoms with Crippen LogP contribution in [0.5, 0.6) is 5.75 Å². The van der Waals surface area contributed by atoms with Gasteiger partial charge in [0.05, 0.1) is 10.5 Å². The van der Waals surface area contributed by atoms with E-state index in [1.165, 1.54) is 18.2 Å². The Labute approximate surface area is 117 Å². The number of nitro benzene ring substituents is 1. The molecule has 0 heterocycles. The van der Waals surface area contributed by atoms with E-state index >= 15 is 0 Å². The highest BCUT2D eigenvalue weighted by Gasteiger charge is 2.24. The van der Waals surface area contributed by atoms with Crippen molar-refractivity contribution in [1.29, 1.82) is 0 Å². The summed E-state index contributed by atoms with van der Waals surface area (Å²) in [6.07, 6.45) is 3.93. The molecule has 20 heavy (non-hydrogen) atoms. The number of phenols is 1. The molecule has 0 unspecified atom stereocenters. The molecular weight excluding hydrogens is 260 g/mol. The van der Waals surface area contributed by atoms with Gasteiger partial charge in [-0.15, -0.1) is 0 Å². The summed E-state index contributed by atoms with van der Waals surface area (Å²) in [5, 5.41) is 23.4. The number of hydrogen-bond donors (Lipinski definition) is 2. The van der Waals surface area contributed by atoms with E-state index in [-0.39, 0.29) is 11.6 Å². The van der Waals surface area contributed by atoms with Crippen molar-refractivity contribution in [2.24, 2.45) is 5.92 Å². The van der Waals surface area contributed by atoms with Crippen LogP contribution < -0.4 is 5.32 Å². The average Bonchev–Trinajstić information content (AvgIpc) is 2.41. The van der Waals surface area contributed by atoms with Crippen LogP contribution in [0.15, 0.2) is 18.2 Å². The van der Waals surface area contributed by atoms with Crippen molar-refractivity contribution >= 4 is 11.6 Å². The molecule has 2 rings (SSSR count). The summed E-state index contributed by atoms with van der Waals surface area (Å²) in [6, 6.07) is 4.05. The first-order valence-corrected chi connectivity index (χ1v) is 6.76. The first-order valence-electron chi connectivity index (χ1n) is 6.76. The Morgan fingerprint density at radius 3 is 2.60 bits per heavy atom. The molecule has 6 heteroatoms. The second-order valence-corrected chi connectivity index (χ2v) is 5.36. The number of nitro groups is 1. The highest BCUT2D eigenvalue weighted by atomic mass is 16.6. The molecule has 0 bridgehead atoms. The summed E-state index contributed by atoms with van der Waals surface area (Å²) in [5.74, 6) is -0.348. The fourth-order valence-corrected chi connectivity index (χ4v) is 2.53. The van der Waals surface area contributed by atoms with E-state index in [1.807, 2.05) is 0 Å². The molecule has 0 radical (unpaired) electrons. The predicted octanol–water partition coefficient (Wildman–Crippen LogP) is 2.61. The molecule has 0 spiro atoms.